The van der Waals surface area contributed by atoms with Crippen molar-refractivity contribution in [3.05, 3.63) is 24.4 Å². The fourth-order valence-electron chi connectivity index (χ4n) is 1.01. The predicted octanol–water partition coefficient (Wildman–Crippen LogP) is 0.612. The second-order valence-electron chi connectivity index (χ2n) is 2.65. The fraction of sp³-hybridized carbons (Fsp3) is 0.375. The van der Waals surface area contributed by atoms with Gasteiger partial charge in [-0.05, 0) is 6.42 Å². The van der Waals surface area contributed by atoms with Gasteiger partial charge in [-0.15, -0.1) is 6.58 Å². The minimum Gasteiger partial charge on any atom is -0.388 e. The molecule has 1 unspecified atom stereocenters. The highest BCUT2D eigenvalue weighted by molar-refractivity contribution is 5.40. The summed E-state index contributed by atoms with van der Waals surface area (Å²) in [5.74, 6) is 0.504. The maximum atomic E-state index is 9.51. The van der Waals surface area contributed by atoms with Crippen LogP contribution in [0.1, 0.15) is 18.1 Å². The van der Waals surface area contributed by atoms with Crippen LogP contribution in [-0.4, -0.2) is 14.9 Å². The maximum absolute atomic E-state index is 9.51. The van der Waals surface area contributed by atoms with Gasteiger partial charge in [0.1, 0.15) is 5.82 Å². The van der Waals surface area contributed by atoms with Crippen LogP contribution in [0.3, 0.4) is 0 Å². The Morgan fingerprint density at radius 3 is 3.00 bits per heavy atom. The smallest absolute Gasteiger partial charge is 0.127 e. The highest BCUT2D eigenvalue weighted by Crippen LogP contribution is 2.21. The summed E-state index contributed by atoms with van der Waals surface area (Å²) >= 11 is 0. The van der Waals surface area contributed by atoms with Crippen molar-refractivity contribution in [3.8, 4) is 0 Å². The van der Waals surface area contributed by atoms with E-state index < -0.39 is 6.10 Å². The van der Waals surface area contributed by atoms with E-state index in [9.17, 15) is 5.11 Å². The molecular weight excluding hydrogens is 154 g/mol. The second-order valence-corrected chi connectivity index (χ2v) is 2.65. The number of aryl methyl sites for hydroxylation is 1. The summed E-state index contributed by atoms with van der Waals surface area (Å²) < 4.78 is 1.53. The molecule has 1 rings (SSSR count). The van der Waals surface area contributed by atoms with E-state index >= 15 is 0 Å². The standard InChI is InChI=1S/C8H13N3O/c1-3-4-7(12)6-5-10-11(2)8(6)9/h3,5,7,12H,1,4,9H2,2H3. The lowest BCUT2D eigenvalue weighted by molar-refractivity contribution is 0.182. The largest absolute Gasteiger partial charge is 0.388 e. The first kappa shape index (κ1) is 8.80. The number of nitrogens with two attached hydrogens (primary N) is 1. The van der Waals surface area contributed by atoms with Crippen molar-refractivity contribution in [2.45, 2.75) is 12.5 Å². The molecule has 66 valence electrons. The molecule has 3 N–H and O–H groups in total. The minimum absolute atomic E-state index is 0.496. The van der Waals surface area contributed by atoms with Crippen molar-refractivity contribution in [2.75, 3.05) is 5.73 Å². The Morgan fingerprint density at radius 2 is 2.58 bits per heavy atom. The van der Waals surface area contributed by atoms with Gasteiger partial charge in [0.15, 0.2) is 0 Å². The lowest BCUT2D eigenvalue weighted by Crippen LogP contribution is -2.02. The first-order valence-electron chi connectivity index (χ1n) is 3.73. The van der Waals surface area contributed by atoms with Crippen LogP contribution in [0.25, 0.3) is 0 Å². The van der Waals surface area contributed by atoms with Gasteiger partial charge < -0.3 is 10.8 Å². The zero-order chi connectivity index (χ0) is 9.14. The van der Waals surface area contributed by atoms with Crippen molar-refractivity contribution >= 4 is 5.82 Å². The van der Waals surface area contributed by atoms with Gasteiger partial charge in [-0.3, -0.25) is 4.68 Å². The fourth-order valence-corrected chi connectivity index (χ4v) is 1.01. The van der Waals surface area contributed by atoms with Gasteiger partial charge in [0, 0.05) is 12.6 Å². The third kappa shape index (κ3) is 1.48. The van der Waals surface area contributed by atoms with E-state index in [0.717, 1.165) is 0 Å². The van der Waals surface area contributed by atoms with Gasteiger partial charge in [-0.25, -0.2) is 0 Å². The molecule has 1 heterocycles. The molecule has 4 heteroatoms. The van der Waals surface area contributed by atoms with Crippen LogP contribution in [0, 0.1) is 0 Å². The Morgan fingerprint density at radius 1 is 1.92 bits per heavy atom. The number of aliphatic hydroxyl groups excluding tert-OH is 1. The van der Waals surface area contributed by atoms with E-state index in [2.05, 4.69) is 11.7 Å². The van der Waals surface area contributed by atoms with Crippen LogP contribution < -0.4 is 5.73 Å². The summed E-state index contributed by atoms with van der Waals surface area (Å²) in [5, 5.41) is 13.4. The van der Waals surface area contributed by atoms with E-state index in [4.69, 9.17) is 5.73 Å². The highest BCUT2D eigenvalue weighted by Gasteiger charge is 2.12. The van der Waals surface area contributed by atoms with Crippen molar-refractivity contribution in [3.63, 3.8) is 0 Å². The predicted molar refractivity (Wildman–Crippen MR) is 47.4 cm³/mol. The first-order chi connectivity index (χ1) is 5.66. The molecular formula is C8H13N3O. The Bertz CT molecular complexity index is 280. The van der Waals surface area contributed by atoms with Crippen LogP contribution in [0.4, 0.5) is 5.82 Å². The molecule has 0 aromatic carbocycles. The Kier molecular flexibility index (Phi) is 2.50. The number of hydrogen-bond donors (Lipinski definition) is 2. The summed E-state index contributed by atoms with van der Waals surface area (Å²) in [4.78, 5) is 0. The van der Waals surface area contributed by atoms with E-state index in [1.54, 1.807) is 19.3 Å². The topological polar surface area (TPSA) is 64.1 Å². The third-order valence-electron chi connectivity index (χ3n) is 1.76. The molecule has 0 bridgehead atoms. The van der Waals surface area contributed by atoms with Gasteiger partial charge in [-0.1, -0.05) is 6.08 Å². The normalized spacial score (nSPS) is 12.8. The summed E-state index contributed by atoms with van der Waals surface area (Å²) in [6.45, 7) is 3.53. The monoisotopic (exact) mass is 167 g/mol. The van der Waals surface area contributed by atoms with E-state index in [1.165, 1.54) is 4.68 Å². The van der Waals surface area contributed by atoms with Crippen LogP contribution in [-0.2, 0) is 7.05 Å². The second kappa shape index (κ2) is 3.40. The zero-order valence-electron chi connectivity index (χ0n) is 7.07. The maximum Gasteiger partial charge on any atom is 0.127 e. The Labute approximate surface area is 71.3 Å². The molecule has 0 aliphatic heterocycles. The minimum atomic E-state index is -0.587. The molecule has 0 saturated carbocycles. The first-order valence-corrected chi connectivity index (χ1v) is 3.73. The molecule has 0 aliphatic carbocycles. The molecule has 1 atom stereocenters. The Balaban J connectivity index is 2.87. The number of aromatic nitrogens is 2. The van der Waals surface area contributed by atoms with Crippen LogP contribution in [0.5, 0.6) is 0 Å². The average Bonchev–Trinajstić information content (AvgIpc) is 2.34. The number of hydrogen-bond acceptors (Lipinski definition) is 3. The molecule has 0 aliphatic rings. The summed E-state index contributed by atoms with van der Waals surface area (Å²) in [7, 11) is 1.74. The molecule has 0 amide bonds. The van der Waals surface area contributed by atoms with Crippen molar-refractivity contribution in [1.29, 1.82) is 0 Å². The number of anilines is 1. The molecule has 1 aromatic rings. The van der Waals surface area contributed by atoms with E-state index in [-0.39, 0.29) is 0 Å². The number of nitrogens with zero attached hydrogens (tertiary/aromatic N) is 2. The van der Waals surface area contributed by atoms with Crippen LogP contribution >= 0.6 is 0 Å². The molecule has 12 heavy (non-hydrogen) atoms. The Hall–Kier alpha value is -1.29. The average molecular weight is 167 g/mol. The summed E-state index contributed by atoms with van der Waals surface area (Å²) in [6, 6.07) is 0. The highest BCUT2D eigenvalue weighted by atomic mass is 16.3. The van der Waals surface area contributed by atoms with Crippen LogP contribution in [0.15, 0.2) is 18.9 Å². The van der Waals surface area contributed by atoms with Gasteiger partial charge >= 0.3 is 0 Å². The third-order valence-corrected chi connectivity index (χ3v) is 1.76. The summed E-state index contributed by atoms with van der Waals surface area (Å²) in [5.41, 5.74) is 6.30. The van der Waals surface area contributed by atoms with Gasteiger partial charge in [-0.2, -0.15) is 5.10 Å². The SMILES string of the molecule is C=CCC(O)c1cnn(C)c1N. The molecule has 0 saturated heterocycles. The van der Waals surface area contributed by atoms with E-state index in [1.807, 2.05) is 0 Å². The quantitative estimate of drug-likeness (QED) is 0.648. The van der Waals surface area contributed by atoms with Crippen molar-refractivity contribution in [2.24, 2.45) is 7.05 Å². The van der Waals surface area contributed by atoms with Gasteiger partial charge in [0.2, 0.25) is 0 Å². The molecule has 0 radical (unpaired) electrons. The zero-order valence-corrected chi connectivity index (χ0v) is 7.07. The molecule has 1 aromatic heterocycles. The summed E-state index contributed by atoms with van der Waals surface area (Å²) in [6.07, 6.45) is 3.13. The van der Waals surface area contributed by atoms with Gasteiger partial charge in [0.25, 0.3) is 0 Å². The van der Waals surface area contributed by atoms with Crippen LogP contribution in [0.2, 0.25) is 0 Å². The lowest BCUT2D eigenvalue weighted by Gasteiger charge is -2.05. The molecule has 0 spiro atoms. The lowest BCUT2D eigenvalue weighted by atomic mass is 10.1. The van der Waals surface area contributed by atoms with Gasteiger partial charge in [0.05, 0.1) is 12.3 Å². The molecule has 4 nitrogen and oxygen atoms in total. The number of rotatable bonds is 3. The van der Waals surface area contributed by atoms with Crippen molar-refractivity contribution < 1.29 is 5.11 Å². The van der Waals surface area contributed by atoms with E-state index in [0.29, 0.717) is 17.8 Å². The number of nitrogen functional groups attached to an aromatic ring is 1. The number of aliphatic hydroxyl groups is 1. The molecule has 0 fully saturated rings. The van der Waals surface area contributed by atoms with Crippen molar-refractivity contribution in [1.82, 2.24) is 9.78 Å².